The Labute approximate surface area is 187 Å². The second-order valence-electron chi connectivity index (χ2n) is 7.72. The molecule has 3 aromatic heterocycles. The van der Waals surface area contributed by atoms with Gasteiger partial charge in [0.05, 0.1) is 11.0 Å². The maximum Gasteiger partial charge on any atom is 0.265 e. The second-order valence-corrected chi connectivity index (χ2v) is 8.63. The zero-order valence-corrected chi connectivity index (χ0v) is 19.1. The molecule has 0 bridgehead atoms. The highest BCUT2D eigenvalue weighted by Crippen LogP contribution is 2.29. The average molecular weight is 476 g/mol. The monoisotopic (exact) mass is 475 g/mol. The van der Waals surface area contributed by atoms with Crippen LogP contribution in [0.1, 0.15) is 32.0 Å². The van der Waals surface area contributed by atoms with Crippen molar-refractivity contribution in [3.63, 3.8) is 0 Å². The minimum atomic E-state index is -0.0518. The first kappa shape index (κ1) is 19.9. The van der Waals surface area contributed by atoms with E-state index in [2.05, 4.69) is 22.9 Å². The first-order valence-corrected chi connectivity index (χ1v) is 11.3. The predicted octanol–water partition coefficient (Wildman–Crippen LogP) is 5.54. The van der Waals surface area contributed by atoms with Crippen LogP contribution in [0.15, 0.2) is 57.8 Å². The molecule has 2 aromatic carbocycles. The van der Waals surface area contributed by atoms with Crippen molar-refractivity contribution >= 4 is 49.2 Å². The van der Waals surface area contributed by atoms with E-state index >= 15 is 0 Å². The molecule has 5 aromatic rings. The lowest BCUT2D eigenvalue weighted by atomic mass is 10.2. The Morgan fingerprint density at radius 1 is 0.903 bits per heavy atom. The van der Waals surface area contributed by atoms with Gasteiger partial charge >= 0.3 is 0 Å². The Morgan fingerprint density at radius 3 is 2.32 bits per heavy atom. The Kier molecular flexibility index (Phi) is 5.06. The Balaban J connectivity index is 1.90. The first-order chi connectivity index (χ1) is 15.1. The van der Waals surface area contributed by atoms with E-state index < -0.39 is 0 Å². The van der Waals surface area contributed by atoms with E-state index in [1.807, 2.05) is 60.0 Å². The molecule has 0 radical (unpaired) electrons. The number of hydrogen-bond acceptors (Lipinski definition) is 4. The molecule has 0 aliphatic rings. The molecule has 0 unspecified atom stereocenters. The second kappa shape index (κ2) is 7.89. The van der Waals surface area contributed by atoms with Gasteiger partial charge in [-0.3, -0.25) is 13.9 Å². The molecule has 0 atom stereocenters. The van der Waals surface area contributed by atoms with Crippen molar-refractivity contribution in [2.24, 2.45) is 0 Å². The van der Waals surface area contributed by atoms with E-state index in [0.717, 1.165) is 40.5 Å². The van der Waals surface area contributed by atoms with Gasteiger partial charge in [0, 0.05) is 16.7 Å². The van der Waals surface area contributed by atoms with E-state index in [0.29, 0.717) is 34.6 Å². The topological polar surface area (TPSA) is 65.6 Å². The zero-order chi connectivity index (χ0) is 21.5. The average Bonchev–Trinajstić information content (AvgIpc) is 3.08. The molecule has 0 N–H and O–H groups in total. The van der Waals surface area contributed by atoms with Gasteiger partial charge in [-0.2, -0.15) is 0 Å². The third-order valence-electron chi connectivity index (χ3n) is 5.62. The molecule has 31 heavy (non-hydrogen) atoms. The molecule has 7 heteroatoms. The summed E-state index contributed by atoms with van der Waals surface area (Å²) < 4.78 is 4.71. The van der Waals surface area contributed by atoms with Crippen LogP contribution in [-0.2, 0) is 6.54 Å². The highest BCUT2D eigenvalue weighted by Gasteiger charge is 2.22. The molecule has 6 nitrogen and oxygen atoms in total. The summed E-state index contributed by atoms with van der Waals surface area (Å²) in [7, 11) is 0. The van der Waals surface area contributed by atoms with Gasteiger partial charge in [0.1, 0.15) is 16.7 Å². The summed E-state index contributed by atoms with van der Waals surface area (Å²) >= 11 is 3.50. The molecule has 0 aliphatic heterocycles. The molecule has 3 heterocycles. The van der Waals surface area contributed by atoms with Gasteiger partial charge in [0.25, 0.3) is 5.56 Å². The molecule has 0 fully saturated rings. The maximum atomic E-state index is 13.6. The molecule has 0 spiro atoms. The molecule has 0 saturated carbocycles. The van der Waals surface area contributed by atoms with E-state index in [1.54, 1.807) is 4.57 Å². The van der Waals surface area contributed by atoms with Crippen LogP contribution in [0.4, 0.5) is 0 Å². The lowest BCUT2D eigenvalue weighted by Gasteiger charge is -2.10. The van der Waals surface area contributed by atoms with Crippen LogP contribution < -0.4 is 5.56 Å². The molecule has 156 valence electrons. The molecular weight excluding hydrogens is 454 g/mol. The molecule has 5 rings (SSSR count). The first-order valence-electron chi connectivity index (χ1n) is 10.5. The van der Waals surface area contributed by atoms with Crippen LogP contribution in [0.3, 0.4) is 0 Å². The quantitative estimate of drug-likeness (QED) is 0.312. The van der Waals surface area contributed by atoms with Crippen molar-refractivity contribution in [3.05, 3.63) is 69.2 Å². The smallest absolute Gasteiger partial charge is 0.265 e. The van der Waals surface area contributed by atoms with Crippen LogP contribution >= 0.6 is 15.9 Å². The van der Waals surface area contributed by atoms with Crippen molar-refractivity contribution in [1.82, 2.24) is 24.1 Å². The van der Waals surface area contributed by atoms with Crippen molar-refractivity contribution in [1.29, 1.82) is 0 Å². The Hall–Kier alpha value is -3.06. The largest absolute Gasteiger partial charge is 0.296 e. The number of hydrogen-bond donors (Lipinski definition) is 0. The van der Waals surface area contributed by atoms with Crippen molar-refractivity contribution in [2.75, 3.05) is 0 Å². The predicted molar refractivity (Wildman–Crippen MR) is 128 cm³/mol. The van der Waals surface area contributed by atoms with Gasteiger partial charge in [-0.05, 0) is 49.7 Å². The van der Waals surface area contributed by atoms with Crippen molar-refractivity contribution in [3.8, 4) is 5.69 Å². The number of halogens is 1. The van der Waals surface area contributed by atoms with Crippen LogP contribution in [-0.4, -0.2) is 24.1 Å². The lowest BCUT2D eigenvalue weighted by molar-refractivity contribution is 0.570. The summed E-state index contributed by atoms with van der Waals surface area (Å²) in [5.41, 5.74) is 4.23. The van der Waals surface area contributed by atoms with Gasteiger partial charge in [-0.15, -0.1) is 0 Å². The number of para-hydroxylation sites is 2. The molecular formula is C24H22BrN5O. The summed E-state index contributed by atoms with van der Waals surface area (Å²) in [6.07, 6.45) is 3.13. The van der Waals surface area contributed by atoms with E-state index in [4.69, 9.17) is 15.0 Å². The van der Waals surface area contributed by atoms with E-state index in [1.165, 1.54) is 0 Å². The fraction of sp³-hybridized carbons (Fsp3) is 0.250. The number of nitrogens with zero attached hydrogens (tertiary/aromatic N) is 5. The Bertz CT molecular complexity index is 1480. The number of fused-ring (bicyclic) bond motifs is 4. The maximum absolute atomic E-state index is 13.6. The molecule has 0 aliphatic carbocycles. The summed E-state index contributed by atoms with van der Waals surface area (Å²) in [5, 5.41) is 0.526. The van der Waals surface area contributed by atoms with E-state index in [-0.39, 0.29) is 5.56 Å². The third-order valence-corrected chi connectivity index (χ3v) is 6.15. The van der Waals surface area contributed by atoms with Crippen LogP contribution in [0.2, 0.25) is 0 Å². The van der Waals surface area contributed by atoms with Crippen molar-refractivity contribution < 1.29 is 0 Å². The number of aromatic nitrogens is 5. The SMILES string of the molecule is CCCCCn1c(C)nc2c(c1=O)c1nc3ccccc3nc1n2-c1ccc(Br)cc1. The van der Waals surface area contributed by atoms with E-state index in [9.17, 15) is 4.79 Å². The number of benzene rings is 2. The lowest BCUT2D eigenvalue weighted by Crippen LogP contribution is -2.24. The van der Waals surface area contributed by atoms with Crippen LogP contribution in [0.5, 0.6) is 0 Å². The van der Waals surface area contributed by atoms with Crippen LogP contribution in [0.25, 0.3) is 38.9 Å². The summed E-state index contributed by atoms with van der Waals surface area (Å²) in [6, 6.07) is 15.7. The zero-order valence-electron chi connectivity index (χ0n) is 17.5. The third kappa shape index (κ3) is 3.33. The van der Waals surface area contributed by atoms with Crippen LogP contribution in [0, 0.1) is 6.92 Å². The summed E-state index contributed by atoms with van der Waals surface area (Å²) in [5.74, 6) is 0.708. The highest BCUT2D eigenvalue weighted by atomic mass is 79.9. The van der Waals surface area contributed by atoms with Gasteiger partial charge in [-0.25, -0.2) is 15.0 Å². The fourth-order valence-corrected chi connectivity index (χ4v) is 4.31. The fourth-order valence-electron chi connectivity index (χ4n) is 4.05. The number of aryl methyl sites for hydroxylation is 1. The number of rotatable bonds is 5. The van der Waals surface area contributed by atoms with Gasteiger partial charge in [-0.1, -0.05) is 47.8 Å². The number of unbranched alkanes of at least 4 members (excludes halogenated alkanes) is 2. The van der Waals surface area contributed by atoms with Gasteiger partial charge in [0.2, 0.25) is 0 Å². The minimum absolute atomic E-state index is 0.0518. The molecule has 0 amide bonds. The van der Waals surface area contributed by atoms with Gasteiger partial charge in [0.15, 0.2) is 11.3 Å². The normalized spacial score (nSPS) is 11.7. The minimum Gasteiger partial charge on any atom is -0.296 e. The Morgan fingerprint density at radius 2 is 1.61 bits per heavy atom. The highest BCUT2D eigenvalue weighted by molar-refractivity contribution is 9.10. The molecule has 0 saturated heterocycles. The van der Waals surface area contributed by atoms with Crippen molar-refractivity contribution in [2.45, 2.75) is 39.7 Å². The summed E-state index contributed by atoms with van der Waals surface area (Å²) in [6.45, 7) is 4.71. The van der Waals surface area contributed by atoms with Gasteiger partial charge < -0.3 is 0 Å². The standard InChI is InChI=1S/C24H22BrN5O/c1-3-4-7-14-29-15(2)26-22-20(24(29)31)21-23(28-19-9-6-5-8-18(19)27-21)30(22)17-12-10-16(25)11-13-17/h5-6,8-13H,3-4,7,14H2,1-2H3. The summed E-state index contributed by atoms with van der Waals surface area (Å²) in [4.78, 5) is 28.2.